The number of aromatic nitrogens is 5. The van der Waals surface area contributed by atoms with E-state index in [2.05, 4.69) is 25.8 Å². The van der Waals surface area contributed by atoms with Crippen molar-refractivity contribution in [2.24, 2.45) is 0 Å². The first-order chi connectivity index (χ1) is 14.1. The Morgan fingerprint density at radius 2 is 2.07 bits per heavy atom. The molecular weight excluding hydrogens is 386 g/mol. The number of fused-ring (bicyclic) bond motifs is 1. The molecule has 3 N–H and O–H groups in total. The Morgan fingerprint density at radius 3 is 2.83 bits per heavy atom. The molecule has 1 aliphatic carbocycles. The number of nitrogens with one attached hydrogen (secondary N) is 3. The minimum atomic E-state index is -0.0869. The first-order valence-electron chi connectivity index (χ1n) is 9.36. The molecule has 3 heterocycles. The lowest BCUT2D eigenvalue weighted by Gasteiger charge is -2.09. The SMILES string of the molecule is CC(=O)Nc1ccc(Sc2cc3nccn3c(Nc3cc(C4CC4)n[nH]3)n2)cc1. The van der Waals surface area contributed by atoms with Crippen LogP contribution in [0.25, 0.3) is 5.65 Å². The van der Waals surface area contributed by atoms with Crippen LogP contribution in [0.15, 0.2) is 58.7 Å². The van der Waals surface area contributed by atoms with Crippen molar-refractivity contribution in [1.29, 1.82) is 0 Å². The molecule has 146 valence electrons. The number of benzene rings is 1. The minimum Gasteiger partial charge on any atom is -0.326 e. The van der Waals surface area contributed by atoms with Crippen molar-refractivity contribution in [3.8, 4) is 0 Å². The Kier molecular flexibility index (Phi) is 4.44. The first-order valence-corrected chi connectivity index (χ1v) is 10.2. The van der Waals surface area contributed by atoms with Gasteiger partial charge in [0.2, 0.25) is 11.9 Å². The maximum absolute atomic E-state index is 11.2. The second kappa shape index (κ2) is 7.25. The maximum atomic E-state index is 11.2. The second-order valence-electron chi connectivity index (χ2n) is 6.99. The van der Waals surface area contributed by atoms with E-state index >= 15 is 0 Å². The third-order valence-corrected chi connectivity index (χ3v) is 5.53. The molecule has 0 saturated heterocycles. The third-order valence-electron chi connectivity index (χ3n) is 4.60. The summed E-state index contributed by atoms with van der Waals surface area (Å²) in [5.41, 5.74) is 2.67. The van der Waals surface area contributed by atoms with Crippen molar-refractivity contribution in [3.63, 3.8) is 0 Å². The Bertz CT molecular complexity index is 1180. The summed E-state index contributed by atoms with van der Waals surface area (Å²) in [4.78, 5) is 21.4. The second-order valence-corrected chi connectivity index (χ2v) is 8.08. The standard InChI is InChI=1S/C20H19N7OS/c1-12(28)22-14-4-6-15(7-5-14)29-19-11-18-21-8-9-27(18)20(24-19)23-17-10-16(25-26-17)13-2-3-13/h4-11,13H,2-3H2,1H3,(H,22,28)(H2,23,24,25,26). The van der Waals surface area contributed by atoms with Crippen LogP contribution in [-0.2, 0) is 4.79 Å². The number of aromatic amines is 1. The molecule has 1 fully saturated rings. The van der Waals surface area contributed by atoms with Gasteiger partial charge in [0.1, 0.15) is 16.5 Å². The molecule has 1 aromatic carbocycles. The lowest BCUT2D eigenvalue weighted by Crippen LogP contribution is -2.05. The van der Waals surface area contributed by atoms with Crippen LogP contribution in [0, 0.1) is 0 Å². The third kappa shape index (κ3) is 3.95. The molecule has 8 nitrogen and oxygen atoms in total. The van der Waals surface area contributed by atoms with Gasteiger partial charge in [-0.2, -0.15) is 5.10 Å². The Balaban J connectivity index is 1.40. The molecule has 0 spiro atoms. The number of imidazole rings is 1. The lowest BCUT2D eigenvalue weighted by molar-refractivity contribution is -0.114. The van der Waals surface area contributed by atoms with Crippen molar-refractivity contribution in [2.75, 3.05) is 10.6 Å². The highest BCUT2D eigenvalue weighted by molar-refractivity contribution is 7.99. The van der Waals surface area contributed by atoms with E-state index in [9.17, 15) is 4.79 Å². The van der Waals surface area contributed by atoms with E-state index < -0.39 is 0 Å². The Labute approximate surface area is 171 Å². The highest BCUT2D eigenvalue weighted by Gasteiger charge is 2.26. The molecule has 0 unspecified atom stereocenters. The van der Waals surface area contributed by atoms with E-state index in [1.54, 1.807) is 6.20 Å². The van der Waals surface area contributed by atoms with Crippen molar-refractivity contribution in [3.05, 3.63) is 54.5 Å². The summed E-state index contributed by atoms with van der Waals surface area (Å²) in [6.07, 6.45) is 6.04. The summed E-state index contributed by atoms with van der Waals surface area (Å²) in [6.45, 7) is 1.49. The summed E-state index contributed by atoms with van der Waals surface area (Å²) >= 11 is 1.54. The van der Waals surface area contributed by atoms with E-state index in [4.69, 9.17) is 4.98 Å². The van der Waals surface area contributed by atoms with Gasteiger partial charge in [0.05, 0.1) is 5.69 Å². The number of rotatable bonds is 6. The zero-order chi connectivity index (χ0) is 19.8. The summed E-state index contributed by atoms with van der Waals surface area (Å²) in [6, 6.07) is 11.7. The van der Waals surface area contributed by atoms with E-state index in [-0.39, 0.29) is 5.91 Å². The molecule has 0 bridgehead atoms. The highest BCUT2D eigenvalue weighted by Crippen LogP contribution is 2.39. The fraction of sp³-hybridized carbons (Fsp3) is 0.200. The molecule has 0 aliphatic heterocycles. The number of hydrogen-bond acceptors (Lipinski definition) is 6. The quantitative estimate of drug-likeness (QED) is 0.416. The maximum Gasteiger partial charge on any atom is 0.221 e. The lowest BCUT2D eigenvalue weighted by atomic mass is 10.3. The zero-order valence-corrected chi connectivity index (χ0v) is 16.5. The fourth-order valence-corrected chi connectivity index (χ4v) is 3.89. The van der Waals surface area contributed by atoms with Gasteiger partial charge in [-0.05, 0) is 37.1 Å². The fourth-order valence-electron chi connectivity index (χ4n) is 3.08. The molecule has 1 amide bonds. The van der Waals surface area contributed by atoms with Crippen molar-refractivity contribution < 1.29 is 4.79 Å². The van der Waals surface area contributed by atoms with Gasteiger partial charge in [0, 0.05) is 48.0 Å². The van der Waals surface area contributed by atoms with Crippen LogP contribution in [0.4, 0.5) is 17.5 Å². The molecule has 29 heavy (non-hydrogen) atoms. The molecule has 1 saturated carbocycles. The van der Waals surface area contributed by atoms with Crippen molar-refractivity contribution in [1.82, 2.24) is 24.6 Å². The Hall–Kier alpha value is -3.33. The van der Waals surface area contributed by atoms with Gasteiger partial charge in [-0.3, -0.25) is 14.3 Å². The minimum absolute atomic E-state index is 0.0869. The molecule has 9 heteroatoms. The normalized spacial score (nSPS) is 13.6. The van der Waals surface area contributed by atoms with Gasteiger partial charge in [-0.15, -0.1) is 0 Å². The number of carbonyl (C=O) groups excluding carboxylic acids is 1. The van der Waals surface area contributed by atoms with Crippen LogP contribution in [0.5, 0.6) is 0 Å². The van der Waals surface area contributed by atoms with Crippen LogP contribution in [-0.4, -0.2) is 30.5 Å². The summed E-state index contributed by atoms with van der Waals surface area (Å²) in [5.74, 6) is 1.99. The van der Waals surface area contributed by atoms with Crippen LogP contribution in [0.1, 0.15) is 31.4 Å². The van der Waals surface area contributed by atoms with Crippen LogP contribution in [0.2, 0.25) is 0 Å². The number of anilines is 3. The number of nitrogens with zero attached hydrogens (tertiary/aromatic N) is 4. The smallest absolute Gasteiger partial charge is 0.221 e. The van der Waals surface area contributed by atoms with Crippen LogP contribution in [0.3, 0.4) is 0 Å². The molecule has 4 aromatic rings. The number of amides is 1. The molecule has 0 atom stereocenters. The van der Waals surface area contributed by atoms with E-state index in [0.717, 1.165) is 32.8 Å². The largest absolute Gasteiger partial charge is 0.326 e. The average molecular weight is 405 g/mol. The number of hydrogen-bond donors (Lipinski definition) is 3. The molecule has 3 aromatic heterocycles. The molecule has 5 rings (SSSR count). The first kappa shape index (κ1) is 17.7. The van der Waals surface area contributed by atoms with Gasteiger partial charge in [0.25, 0.3) is 0 Å². The van der Waals surface area contributed by atoms with Gasteiger partial charge in [-0.1, -0.05) is 11.8 Å². The predicted molar refractivity (Wildman–Crippen MR) is 112 cm³/mol. The molecule has 1 aliphatic rings. The summed E-state index contributed by atoms with van der Waals surface area (Å²) in [7, 11) is 0. The van der Waals surface area contributed by atoms with Gasteiger partial charge >= 0.3 is 0 Å². The van der Waals surface area contributed by atoms with Crippen molar-refractivity contribution in [2.45, 2.75) is 35.6 Å². The van der Waals surface area contributed by atoms with Crippen LogP contribution < -0.4 is 10.6 Å². The van der Waals surface area contributed by atoms with Crippen LogP contribution >= 0.6 is 11.8 Å². The van der Waals surface area contributed by atoms with E-state index in [1.165, 1.54) is 31.5 Å². The predicted octanol–water partition coefficient (Wildman–Crippen LogP) is 4.18. The van der Waals surface area contributed by atoms with Gasteiger partial charge < -0.3 is 10.6 Å². The average Bonchev–Trinajstić information content (AvgIpc) is 3.25. The molecular formula is C20H19N7OS. The van der Waals surface area contributed by atoms with Crippen molar-refractivity contribution >= 4 is 40.8 Å². The number of H-pyrrole nitrogens is 1. The van der Waals surface area contributed by atoms with Gasteiger partial charge in [-0.25, -0.2) is 9.97 Å². The topological polar surface area (TPSA) is 100 Å². The Morgan fingerprint density at radius 1 is 1.24 bits per heavy atom. The zero-order valence-electron chi connectivity index (χ0n) is 15.7. The number of carbonyl (C=O) groups is 1. The van der Waals surface area contributed by atoms with Gasteiger partial charge in [0.15, 0.2) is 0 Å². The summed E-state index contributed by atoms with van der Waals surface area (Å²) < 4.78 is 1.90. The summed E-state index contributed by atoms with van der Waals surface area (Å²) in [5, 5.41) is 14.3. The van der Waals surface area contributed by atoms with E-state index in [0.29, 0.717) is 11.9 Å². The highest BCUT2D eigenvalue weighted by atomic mass is 32.2. The monoisotopic (exact) mass is 405 g/mol. The van der Waals surface area contributed by atoms with E-state index in [1.807, 2.05) is 47.0 Å². The molecule has 0 radical (unpaired) electrons.